The highest BCUT2D eigenvalue weighted by Crippen LogP contribution is 2.21. The van der Waals surface area contributed by atoms with Crippen LogP contribution in [0.25, 0.3) is 0 Å². The molecule has 1 N–H and O–H groups in total. The number of benzene rings is 1. The van der Waals surface area contributed by atoms with E-state index in [2.05, 4.69) is 4.74 Å². The monoisotopic (exact) mass is 307 g/mol. The minimum absolute atomic E-state index is 0.115. The predicted molar refractivity (Wildman–Crippen MR) is 79.0 cm³/mol. The van der Waals surface area contributed by atoms with Gasteiger partial charge in [-0.25, -0.2) is 4.79 Å². The maximum Gasteiger partial charge on any atom is 0.410 e. The van der Waals surface area contributed by atoms with Crippen LogP contribution >= 0.6 is 0 Å². The Morgan fingerprint density at radius 2 is 2.00 bits per heavy atom. The summed E-state index contributed by atoms with van der Waals surface area (Å²) in [5, 5.41) is 9.76. The lowest BCUT2D eigenvalue weighted by Crippen LogP contribution is -2.49. The number of aliphatic hydroxyl groups excluding tert-OH is 1. The van der Waals surface area contributed by atoms with E-state index in [-0.39, 0.29) is 31.6 Å². The van der Waals surface area contributed by atoms with Crippen LogP contribution in [0.15, 0.2) is 30.3 Å². The number of methoxy groups -OCH3 is 1. The van der Waals surface area contributed by atoms with Gasteiger partial charge in [-0.2, -0.15) is 0 Å². The molecular weight excluding hydrogens is 286 g/mol. The number of ether oxygens (including phenoxy) is 2. The smallest absolute Gasteiger partial charge is 0.410 e. The topological polar surface area (TPSA) is 76.1 Å². The molecule has 1 aliphatic heterocycles. The number of esters is 1. The molecule has 6 nitrogen and oxygen atoms in total. The Morgan fingerprint density at radius 1 is 1.27 bits per heavy atom. The third kappa shape index (κ3) is 4.46. The number of amides is 1. The van der Waals surface area contributed by atoms with Crippen LogP contribution in [0.4, 0.5) is 4.79 Å². The highest BCUT2D eigenvalue weighted by Gasteiger charge is 2.33. The maximum absolute atomic E-state index is 12.2. The fraction of sp³-hybridized carbons (Fsp3) is 0.500. The highest BCUT2D eigenvalue weighted by molar-refractivity contribution is 5.73. The Morgan fingerprint density at radius 3 is 2.68 bits per heavy atom. The number of carbonyl (C=O) groups excluding carboxylic acids is 2. The zero-order valence-electron chi connectivity index (χ0n) is 12.6. The van der Waals surface area contributed by atoms with E-state index in [0.29, 0.717) is 12.8 Å². The van der Waals surface area contributed by atoms with Crippen LogP contribution in [-0.2, 0) is 20.9 Å². The molecule has 2 atom stereocenters. The lowest BCUT2D eigenvalue weighted by atomic mass is 9.98. The molecule has 120 valence electrons. The van der Waals surface area contributed by atoms with E-state index in [9.17, 15) is 14.7 Å². The van der Waals surface area contributed by atoms with Crippen molar-refractivity contribution in [2.24, 2.45) is 0 Å². The second kappa shape index (κ2) is 7.79. The molecule has 0 aliphatic carbocycles. The highest BCUT2D eigenvalue weighted by atomic mass is 16.6. The summed E-state index contributed by atoms with van der Waals surface area (Å²) in [6.45, 7) is 0.340. The van der Waals surface area contributed by atoms with Crippen LogP contribution in [-0.4, -0.2) is 47.9 Å². The Kier molecular flexibility index (Phi) is 5.77. The van der Waals surface area contributed by atoms with Crippen LogP contribution < -0.4 is 0 Å². The summed E-state index contributed by atoms with van der Waals surface area (Å²) in [4.78, 5) is 25.1. The quantitative estimate of drug-likeness (QED) is 0.857. The normalized spacial score (nSPS) is 21.3. The molecule has 1 aromatic rings. The number of rotatable bonds is 4. The van der Waals surface area contributed by atoms with E-state index < -0.39 is 12.2 Å². The molecule has 2 rings (SSSR count). The van der Waals surface area contributed by atoms with Crippen molar-refractivity contribution < 1.29 is 24.2 Å². The summed E-state index contributed by atoms with van der Waals surface area (Å²) < 4.78 is 9.94. The fourth-order valence-electron chi connectivity index (χ4n) is 2.52. The zero-order chi connectivity index (χ0) is 15.9. The van der Waals surface area contributed by atoms with E-state index in [4.69, 9.17) is 4.74 Å². The van der Waals surface area contributed by atoms with E-state index in [0.717, 1.165) is 5.56 Å². The average Bonchev–Trinajstić information content (AvgIpc) is 2.55. The van der Waals surface area contributed by atoms with E-state index in [1.807, 2.05) is 30.3 Å². The molecule has 0 saturated carbocycles. The van der Waals surface area contributed by atoms with Gasteiger partial charge in [0, 0.05) is 6.04 Å². The van der Waals surface area contributed by atoms with Gasteiger partial charge in [0.15, 0.2) is 0 Å². The third-order valence-electron chi connectivity index (χ3n) is 3.75. The third-order valence-corrected chi connectivity index (χ3v) is 3.75. The number of nitrogens with zero attached hydrogens (tertiary/aromatic N) is 1. The van der Waals surface area contributed by atoms with Crippen molar-refractivity contribution in [3.05, 3.63) is 35.9 Å². The van der Waals surface area contributed by atoms with Crippen LogP contribution in [0.2, 0.25) is 0 Å². The van der Waals surface area contributed by atoms with Gasteiger partial charge in [-0.1, -0.05) is 30.3 Å². The van der Waals surface area contributed by atoms with E-state index >= 15 is 0 Å². The number of β-amino-alcohol motifs (C(OH)–C–C–N with tert-alkyl or cyclic N) is 1. The number of likely N-dealkylation sites (tertiary alicyclic amines) is 1. The molecule has 1 aliphatic rings. The second-order valence-corrected chi connectivity index (χ2v) is 5.36. The van der Waals surface area contributed by atoms with Crippen LogP contribution in [0.5, 0.6) is 0 Å². The molecule has 1 amide bonds. The molecule has 22 heavy (non-hydrogen) atoms. The molecule has 6 heteroatoms. The van der Waals surface area contributed by atoms with Crippen molar-refractivity contribution in [2.75, 3.05) is 13.7 Å². The second-order valence-electron chi connectivity index (χ2n) is 5.36. The Labute approximate surface area is 129 Å². The number of aliphatic hydroxyl groups is 1. The lowest BCUT2D eigenvalue weighted by molar-refractivity contribution is -0.142. The lowest BCUT2D eigenvalue weighted by Gasteiger charge is -2.36. The SMILES string of the molecule is COC(=O)CC1CCC(O)CN1C(=O)OCc1ccccc1. The zero-order valence-corrected chi connectivity index (χ0v) is 12.6. The predicted octanol–water partition coefficient (Wildman–Crippen LogP) is 1.71. The van der Waals surface area contributed by atoms with Gasteiger partial charge < -0.3 is 19.5 Å². The summed E-state index contributed by atoms with van der Waals surface area (Å²) in [5.41, 5.74) is 0.887. The molecule has 1 fully saturated rings. The summed E-state index contributed by atoms with van der Waals surface area (Å²) in [6.07, 6.45) is 0.125. The van der Waals surface area contributed by atoms with Crippen molar-refractivity contribution >= 4 is 12.1 Å². The molecular formula is C16H21NO5. The van der Waals surface area contributed by atoms with Gasteiger partial charge >= 0.3 is 12.1 Å². The van der Waals surface area contributed by atoms with Crippen molar-refractivity contribution in [3.8, 4) is 0 Å². The van der Waals surface area contributed by atoms with Gasteiger partial charge in [0.05, 0.1) is 26.2 Å². The Balaban J connectivity index is 1.95. The van der Waals surface area contributed by atoms with Gasteiger partial charge in [0.25, 0.3) is 0 Å². The Hall–Kier alpha value is -2.08. The minimum Gasteiger partial charge on any atom is -0.469 e. The number of carbonyl (C=O) groups is 2. The molecule has 0 aromatic heterocycles. The molecule has 0 radical (unpaired) electrons. The number of piperidine rings is 1. The summed E-state index contributed by atoms with van der Waals surface area (Å²) >= 11 is 0. The Bertz CT molecular complexity index is 505. The summed E-state index contributed by atoms with van der Waals surface area (Å²) in [5.74, 6) is -0.373. The van der Waals surface area contributed by atoms with Gasteiger partial charge in [-0.05, 0) is 18.4 Å². The molecule has 0 bridgehead atoms. The standard InChI is InChI=1S/C16H21NO5/c1-21-15(19)9-13-7-8-14(18)10-17(13)16(20)22-11-12-5-3-2-4-6-12/h2-6,13-14,18H,7-11H2,1H3. The first-order chi connectivity index (χ1) is 10.6. The van der Waals surface area contributed by atoms with E-state index in [1.165, 1.54) is 12.0 Å². The molecule has 1 heterocycles. The van der Waals surface area contributed by atoms with Crippen molar-refractivity contribution in [1.82, 2.24) is 4.90 Å². The van der Waals surface area contributed by atoms with Gasteiger partial charge in [-0.15, -0.1) is 0 Å². The summed E-state index contributed by atoms with van der Waals surface area (Å²) in [6, 6.07) is 9.06. The largest absolute Gasteiger partial charge is 0.469 e. The van der Waals surface area contributed by atoms with Crippen LogP contribution in [0.3, 0.4) is 0 Å². The number of hydrogen-bond acceptors (Lipinski definition) is 5. The first kappa shape index (κ1) is 16.3. The number of hydrogen-bond donors (Lipinski definition) is 1. The maximum atomic E-state index is 12.2. The van der Waals surface area contributed by atoms with Gasteiger partial charge in [-0.3, -0.25) is 4.79 Å². The first-order valence-corrected chi connectivity index (χ1v) is 7.32. The van der Waals surface area contributed by atoms with E-state index in [1.54, 1.807) is 0 Å². The molecule has 0 spiro atoms. The van der Waals surface area contributed by atoms with Crippen molar-refractivity contribution in [1.29, 1.82) is 0 Å². The molecule has 1 aromatic carbocycles. The van der Waals surface area contributed by atoms with Crippen molar-refractivity contribution in [2.45, 2.75) is 38.0 Å². The van der Waals surface area contributed by atoms with Crippen LogP contribution in [0, 0.1) is 0 Å². The van der Waals surface area contributed by atoms with Gasteiger partial charge in [0.2, 0.25) is 0 Å². The molecule has 2 unspecified atom stereocenters. The first-order valence-electron chi connectivity index (χ1n) is 7.32. The van der Waals surface area contributed by atoms with Crippen LogP contribution in [0.1, 0.15) is 24.8 Å². The molecule has 1 saturated heterocycles. The van der Waals surface area contributed by atoms with Crippen molar-refractivity contribution in [3.63, 3.8) is 0 Å². The van der Waals surface area contributed by atoms with Gasteiger partial charge in [0.1, 0.15) is 6.61 Å². The summed E-state index contributed by atoms with van der Waals surface area (Å²) in [7, 11) is 1.32. The minimum atomic E-state index is -0.585. The fourth-order valence-corrected chi connectivity index (χ4v) is 2.52. The average molecular weight is 307 g/mol.